The fourth-order valence-electron chi connectivity index (χ4n) is 1.21. The average Bonchev–Trinajstić information content (AvgIpc) is 2.82. The molecule has 86 valence electrons. The predicted molar refractivity (Wildman–Crippen MR) is 70.4 cm³/mol. The third-order valence-electron chi connectivity index (χ3n) is 1.97. The first-order valence-electron chi connectivity index (χ1n) is 4.93. The number of carbonyl (C=O) groups is 1. The second-order valence-electron chi connectivity index (χ2n) is 3.20. The number of halogens is 1. The van der Waals surface area contributed by atoms with Crippen LogP contribution >= 0.6 is 22.9 Å². The molecule has 0 aliphatic carbocycles. The van der Waals surface area contributed by atoms with Gasteiger partial charge in [-0.15, -0.1) is 11.3 Å². The van der Waals surface area contributed by atoms with Crippen molar-refractivity contribution < 1.29 is 9.53 Å². The lowest BCUT2D eigenvalue weighted by Crippen LogP contribution is -2.03. The van der Waals surface area contributed by atoms with Crippen LogP contribution in [0.25, 0.3) is 6.08 Å². The van der Waals surface area contributed by atoms with Crippen molar-refractivity contribution in [2.75, 3.05) is 0 Å². The summed E-state index contributed by atoms with van der Waals surface area (Å²) >= 11 is 7.42. The standard InChI is InChI=1S/C13H9ClO2S/c14-11-5-1-2-6-12(11)16-13(15)8-7-10-4-3-9-17-10/h1-9H/b8-7+. The van der Waals surface area contributed by atoms with E-state index < -0.39 is 5.97 Å². The van der Waals surface area contributed by atoms with Crippen molar-refractivity contribution in [3.8, 4) is 5.75 Å². The van der Waals surface area contributed by atoms with Gasteiger partial charge in [-0.2, -0.15) is 0 Å². The maximum atomic E-state index is 11.5. The van der Waals surface area contributed by atoms with Crippen molar-refractivity contribution in [1.29, 1.82) is 0 Å². The van der Waals surface area contributed by atoms with Gasteiger partial charge in [0.05, 0.1) is 5.02 Å². The molecule has 2 nitrogen and oxygen atoms in total. The highest BCUT2D eigenvalue weighted by Gasteiger charge is 2.04. The summed E-state index contributed by atoms with van der Waals surface area (Å²) in [5.74, 6) is -0.0681. The summed E-state index contributed by atoms with van der Waals surface area (Å²) in [5, 5.41) is 2.37. The quantitative estimate of drug-likeness (QED) is 0.475. The Hall–Kier alpha value is -1.58. The monoisotopic (exact) mass is 264 g/mol. The van der Waals surface area contributed by atoms with Crippen molar-refractivity contribution in [1.82, 2.24) is 0 Å². The predicted octanol–water partition coefficient (Wildman–Crippen LogP) is 4.02. The Morgan fingerprint density at radius 2 is 2.06 bits per heavy atom. The lowest BCUT2D eigenvalue weighted by atomic mass is 10.3. The van der Waals surface area contributed by atoms with Crippen molar-refractivity contribution in [3.63, 3.8) is 0 Å². The zero-order valence-corrected chi connectivity index (χ0v) is 10.4. The number of rotatable bonds is 3. The van der Waals surface area contributed by atoms with Gasteiger partial charge in [-0.05, 0) is 29.7 Å². The summed E-state index contributed by atoms with van der Waals surface area (Å²) in [6, 6.07) is 10.7. The fraction of sp³-hybridized carbons (Fsp3) is 0. The highest BCUT2D eigenvalue weighted by atomic mass is 35.5. The molecule has 0 saturated carbocycles. The van der Waals surface area contributed by atoms with E-state index in [4.69, 9.17) is 16.3 Å². The molecule has 0 bridgehead atoms. The lowest BCUT2D eigenvalue weighted by molar-refractivity contribution is -0.128. The first-order chi connectivity index (χ1) is 8.25. The molecule has 0 atom stereocenters. The Balaban J connectivity index is 2.01. The van der Waals surface area contributed by atoms with E-state index in [1.54, 1.807) is 41.7 Å². The van der Waals surface area contributed by atoms with Gasteiger partial charge in [-0.1, -0.05) is 29.8 Å². The minimum absolute atomic E-state index is 0.370. The molecule has 0 amide bonds. The molecule has 0 spiro atoms. The molecule has 1 heterocycles. The molecule has 4 heteroatoms. The van der Waals surface area contributed by atoms with E-state index in [0.29, 0.717) is 10.8 Å². The number of thiophene rings is 1. The van der Waals surface area contributed by atoms with Crippen LogP contribution in [-0.4, -0.2) is 5.97 Å². The molecule has 0 N–H and O–H groups in total. The van der Waals surface area contributed by atoms with Gasteiger partial charge in [0.25, 0.3) is 0 Å². The van der Waals surface area contributed by atoms with Gasteiger partial charge in [0.1, 0.15) is 5.75 Å². The van der Waals surface area contributed by atoms with Crippen molar-refractivity contribution in [2.45, 2.75) is 0 Å². The largest absolute Gasteiger partial charge is 0.422 e. The first-order valence-corrected chi connectivity index (χ1v) is 6.19. The number of para-hydroxylation sites is 1. The van der Waals surface area contributed by atoms with Gasteiger partial charge in [0.2, 0.25) is 0 Å². The number of benzene rings is 1. The van der Waals surface area contributed by atoms with E-state index in [1.807, 2.05) is 17.5 Å². The van der Waals surface area contributed by atoms with Crippen LogP contribution in [0.3, 0.4) is 0 Å². The molecule has 17 heavy (non-hydrogen) atoms. The molecular weight excluding hydrogens is 256 g/mol. The summed E-state index contributed by atoms with van der Waals surface area (Å²) in [4.78, 5) is 12.5. The van der Waals surface area contributed by atoms with Crippen LogP contribution in [0.1, 0.15) is 4.88 Å². The van der Waals surface area contributed by atoms with Gasteiger partial charge >= 0.3 is 5.97 Å². The molecule has 0 radical (unpaired) electrons. The van der Waals surface area contributed by atoms with Gasteiger partial charge in [-0.25, -0.2) is 4.79 Å². The van der Waals surface area contributed by atoms with Crippen LogP contribution in [-0.2, 0) is 4.79 Å². The Labute approximate surface area is 108 Å². The molecule has 0 fully saturated rings. The Bertz CT molecular complexity index is 532. The first kappa shape index (κ1) is 11.9. The van der Waals surface area contributed by atoms with Crippen molar-refractivity contribution in [3.05, 3.63) is 57.8 Å². The second-order valence-corrected chi connectivity index (χ2v) is 4.59. The molecule has 2 rings (SSSR count). The molecule has 0 aliphatic rings. The number of carbonyl (C=O) groups excluding carboxylic acids is 1. The Kier molecular flexibility index (Phi) is 3.96. The number of hydrogen-bond acceptors (Lipinski definition) is 3. The normalized spacial score (nSPS) is 10.6. The third kappa shape index (κ3) is 3.44. The Morgan fingerprint density at radius 1 is 1.24 bits per heavy atom. The van der Waals surface area contributed by atoms with Gasteiger partial charge < -0.3 is 4.74 Å². The van der Waals surface area contributed by atoms with Crippen LogP contribution in [0.2, 0.25) is 5.02 Å². The smallest absolute Gasteiger partial charge is 0.336 e. The van der Waals surface area contributed by atoms with E-state index in [0.717, 1.165) is 4.88 Å². The van der Waals surface area contributed by atoms with Crippen LogP contribution in [0.5, 0.6) is 5.75 Å². The third-order valence-corrected chi connectivity index (χ3v) is 3.12. The van der Waals surface area contributed by atoms with Crippen LogP contribution in [0.15, 0.2) is 47.9 Å². The van der Waals surface area contributed by atoms with Crippen LogP contribution < -0.4 is 4.74 Å². The molecule has 2 aromatic rings. The molecule has 0 unspecified atom stereocenters. The van der Waals surface area contributed by atoms with E-state index in [-0.39, 0.29) is 0 Å². The summed E-state index contributed by atoms with van der Waals surface area (Å²) in [6.45, 7) is 0. The average molecular weight is 265 g/mol. The molecule has 0 saturated heterocycles. The number of esters is 1. The van der Waals surface area contributed by atoms with Gasteiger partial charge in [0.15, 0.2) is 0 Å². The number of hydrogen-bond donors (Lipinski definition) is 0. The zero-order valence-electron chi connectivity index (χ0n) is 8.80. The van der Waals surface area contributed by atoms with Gasteiger partial charge in [0, 0.05) is 11.0 Å². The van der Waals surface area contributed by atoms with E-state index in [9.17, 15) is 4.79 Å². The molecule has 1 aromatic heterocycles. The highest BCUT2D eigenvalue weighted by molar-refractivity contribution is 7.10. The second kappa shape index (κ2) is 5.66. The molecule has 0 aliphatic heterocycles. The topological polar surface area (TPSA) is 26.3 Å². The molecule has 1 aromatic carbocycles. The highest BCUT2D eigenvalue weighted by Crippen LogP contribution is 2.23. The Morgan fingerprint density at radius 3 is 2.76 bits per heavy atom. The van der Waals surface area contributed by atoms with Crippen molar-refractivity contribution in [2.24, 2.45) is 0 Å². The van der Waals surface area contributed by atoms with E-state index in [1.165, 1.54) is 6.08 Å². The summed E-state index contributed by atoms with van der Waals surface area (Å²) in [5.41, 5.74) is 0. The van der Waals surface area contributed by atoms with Crippen LogP contribution in [0.4, 0.5) is 0 Å². The maximum absolute atomic E-state index is 11.5. The maximum Gasteiger partial charge on any atom is 0.336 e. The molecular formula is C13H9ClO2S. The summed E-state index contributed by atoms with van der Waals surface area (Å²) < 4.78 is 5.09. The zero-order chi connectivity index (χ0) is 12.1. The summed E-state index contributed by atoms with van der Waals surface area (Å²) in [7, 11) is 0. The minimum atomic E-state index is -0.438. The van der Waals surface area contributed by atoms with Crippen LogP contribution in [0, 0.1) is 0 Å². The van der Waals surface area contributed by atoms with E-state index >= 15 is 0 Å². The lowest BCUT2D eigenvalue weighted by Gasteiger charge is -2.02. The minimum Gasteiger partial charge on any atom is -0.422 e. The SMILES string of the molecule is O=C(/C=C/c1cccs1)Oc1ccccc1Cl. The van der Waals surface area contributed by atoms with Crippen molar-refractivity contribution >= 4 is 35.0 Å². The fourth-order valence-corrected chi connectivity index (χ4v) is 2.00. The summed E-state index contributed by atoms with van der Waals surface area (Å²) in [6.07, 6.45) is 3.10. The van der Waals surface area contributed by atoms with E-state index in [2.05, 4.69) is 0 Å². The number of ether oxygens (including phenoxy) is 1. The van der Waals surface area contributed by atoms with Gasteiger partial charge in [-0.3, -0.25) is 0 Å².